The monoisotopic (exact) mass is 444 g/mol. The molecule has 1 saturated heterocycles. The van der Waals surface area contributed by atoms with Gasteiger partial charge < -0.3 is 9.80 Å². The third kappa shape index (κ3) is 4.00. The summed E-state index contributed by atoms with van der Waals surface area (Å²) in [6, 6.07) is 23.6. The zero-order valence-electron chi connectivity index (χ0n) is 18.1. The number of carbonyl (C=O) groups excluding carboxylic acids is 1. The molecule has 0 aliphatic carbocycles. The Labute approximate surface area is 191 Å². The van der Waals surface area contributed by atoms with E-state index in [1.54, 1.807) is 23.5 Å². The molecule has 3 nitrogen and oxygen atoms in total. The van der Waals surface area contributed by atoms with Crippen LogP contribution in [0.4, 0.5) is 10.1 Å². The minimum atomic E-state index is -0.211. The molecule has 2 heterocycles. The summed E-state index contributed by atoms with van der Waals surface area (Å²) in [5, 5.41) is 1.16. The molecular weight excluding hydrogens is 419 g/mol. The Balaban J connectivity index is 1.40. The van der Waals surface area contributed by atoms with Gasteiger partial charge in [-0.05, 0) is 48.1 Å². The average Bonchev–Trinajstić information content (AvgIpc) is 3.19. The van der Waals surface area contributed by atoms with Crippen molar-refractivity contribution < 1.29 is 9.18 Å². The van der Waals surface area contributed by atoms with Gasteiger partial charge in [0.05, 0.1) is 10.6 Å². The Morgan fingerprint density at radius 2 is 1.59 bits per heavy atom. The van der Waals surface area contributed by atoms with E-state index in [2.05, 4.69) is 43.3 Å². The van der Waals surface area contributed by atoms with Gasteiger partial charge in [-0.15, -0.1) is 11.3 Å². The maximum Gasteiger partial charge on any atom is 0.264 e. The van der Waals surface area contributed by atoms with Gasteiger partial charge in [0.25, 0.3) is 5.91 Å². The molecule has 3 aromatic carbocycles. The van der Waals surface area contributed by atoms with Crippen LogP contribution in [0.1, 0.15) is 26.4 Å². The lowest BCUT2D eigenvalue weighted by Gasteiger charge is -2.36. The van der Waals surface area contributed by atoms with Crippen LogP contribution >= 0.6 is 11.3 Å². The number of amides is 1. The molecule has 1 aliphatic heterocycles. The van der Waals surface area contributed by atoms with E-state index in [-0.39, 0.29) is 11.7 Å². The van der Waals surface area contributed by atoms with Crippen LogP contribution in [-0.2, 0) is 6.42 Å². The maximum absolute atomic E-state index is 14.2. The van der Waals surface area contributed by atoms with Crippen molar-refractivity contribution in [2.75, 3.05) is 31.1 Å². The van der Waals surface area contributed by atoms with Crippen LogP contribution in [0.5, 0.6) is 0 Å². The molecule has 162 valence electrons. The molecule has 32 heavy (non-hydrogen) atoms. The van der Waals surface area contributed by atoms with E-state index in [0.717, 1.165) is 26.9 Å². The first-order chi connectivity index (χ1) is 15.6. The topological polar surface area (TPSA) is 23.6 Å². The zero-order valence-corrected chi connectivity index (χ0v) is 18.9. The van der Waals surface area contributed by atoms with Gasteiger partial charge in [0, 0.05) is 30.9 Å². The molecule has 1 fully saturated rings. The second-order valence-corrected chi connectivity index (χ2v) is 9.35. The van der Waals surface area contributed by atoms with Gasteiger partial charge in [-0.3, -0.25) is 4.79 Å². The van der Waals surface area contributed by atoms with E-state index in [4.69, 9.17) is 0 Å². The lowest BCUT2D eigenvalue weighted by atomic mass is 10.0. The highest BCUT2D eigenvalue weighted by molar-refractivity contribution is 7.21. The van der Waals surface area contributed by atoms with E-state index >= 15 is 0 Å². The number of thiophene rings is 1. The molecule has 0 N–H and O–H groups in total. The Kier molecular flexibility index (Phi) is 5.66. The van der Waals surface area contributed by atoms with Gasteiger partial charge in [0.2, 0.25) is 0 Å². The number of hydrogen-bond donors (Lipinski definition) is 0. The van der Waals surface area contributed by atoms with Crippen molar-refractivity contribution in [1.82, 2.24) is 4.90 Å². The normalized spacial score (nSPS) is 14.2. The van der Waals surface area contributed by atoms with Crippen molar-refractivity contribution >= 4 is 33.0 Å². The molecule has 1 amide bonds. The molecular formula is C27H25FN2OS. The highest BCUT2D eigenvalue weighted by Crippen LogP contribution is 2.34. The summed E-state index contributed by atoms with van der Waals surface area (Å²) < 4.78 is 15.3. The van der Waals surface area contributed by atoms with Crippen molar-refractivity contribution in [1.29, 1.82) is 0 Å². The van der Waals surface area contributed by atoms with Gasteiger partial charge in [0.1, 0.15) is 5.82 Å². The van der Waals surface area contributed by atoms with Gasteiger partial charge >= 0.3 is 0 Å². The fourth-order valence-corrected chi connectivity index (χ4v) is 5.55. The number of carbonyl (C=O) groups is 1. The molecule has 0 radical (unpaired) electrons. The maximum atomic E-state index is 14.2. The fraction of sp³-hybridized carbons (Fsp3) is 0.222. The number of piperazine rings is 1. The third-order valence-corrected chi connectivity index (χ3v) is 7.36. The van der Waals surface area contributed by atoms with Gasteiger partial charge in [-0.1, -0.05) is 60.2 Å². The number of benzene rings is 3. The smallest absolute Gasteiger partial charge is 0.264 e. The first kappa shape index (κ1) is 20.7. The number of para-hydroxylation sites is 1. The summed E-state index contributed by atoms with van der Waals surface area (Å²) in [6.45, 7) is 4.52. The number of anilines is 1. The summed E-state index contributed by atoms with van der Waals surface area (Å²) in [5.74, 6) is -0.126. The van der Waals surface area contributed by atoms with Gasteiger partial charge in [-0.25, -0.2) is 4.39 Å². The fourth-order valence-electron chi connectivity index (χ4n) is 4.36. The Morgan fingerprint density at radius 1 is 0.906 bits per heavy atom. The summed E-state index contributed by atoms with van der Waals surface area (Å²) in [5.41, 5.74) is 4.16. The summed E-state index contributed by atoms with van der Waals surface area (Å²) >= 11 is 1.58. The van der Waals surface area contributed by atoms with Crippen LogP contribution < -0.4 is 4.90 Å². The molecule has 1 aliphatic rings. The Hall–Kier alpha value is -3.18. The SMILES string of the molecule is Cc1ccc(Cc2c(C(=O)N3CCN(c4ccccc4F)CC3)sc3ccccc23)cc1. The lowest BCUT2D eigenvalue weighted by molar-refractivity contribution is 0.0750. The standard InChI is InChI=1S/C27H25FN2OS/c1-19-10-12-20(13-11-19)18-22-21-6-2-5-9-25(21)32-26(22)27(31)30-16-14-29(15-17-30)24-8-4-3-7-23(24)28/h2-13H,14-18H2,1H3. The van der Waals surface area contributed by atoms with Crippen LogP contribution in [0, 0.1) is 12.7 Å². The predicted molar refractivity (Wildman–Crippen MR) is 130 cm³/mol. The van der Waals surface area contributed by atoms with Crippen molar-refractivity contribution in [2.24, 2.45) is 0 Å². The summed E-state index contributed by atoms with van der Waals surface area (Å²) in [4.78, 5) is 18.4. The number of aryl methyl sites for hydroxylation is 1. The lowest BCUT2D eigenvalue weighted by Crippen LogP contribution is -2.49. The minimum absolute atomic E-state index is 0.0847. The first-order valence-corrected chi connectivity index (χ1v) is 11.8. The van der Waals surface area contributed by atoms with Crippen molar-refractivity contribution in [3.63, 3.8) is 0 Å². The summed E-state index contributed by atoms with van der Waals surface area (Å²) in [6.07, 6.45) is 0.737. The number of hydrogen-bond acceptors (Lipinski definition) is 3. The largest absolute Gasteiger partial charge is 0.366 e. The Bertz CT molecular complexity index is 1260. The van der Waals surface area contributed by atoms with E-state index in [0.29, 0.717) is 31.9 Å². The molecule has 4 aromatic rings. The van der Waals surface area contributed by atoms with Crippen LogP contribution in [0.25, 0.3) is 10.1 Å². The van der Waals surface area contributed by atoms with Crippen molar-refractivity contribution in [2.45, 2.75) is 13.3 Å². The second kappa shape index (κ2) is 8.75. The Morgan fingerprint density at radius 3 is 2.34 bits per heavy atom. The highest BCUT2D eigenvalue weighted by Gasteiger charge is 2.27. The number of halogens is 1. The first-order valence-electron chi connectivity index (χ1n) is 10.9. The van der Waals surface area contributed by atoms with Crippen LogP contribution in [0.15, 0.2) is 72.8 Å². The van der Waals surface area contributed by atoms with E-state index in [9.17, 15) is 9.18 Å². The molecule has 0 bridgehead atoms. The molecule has 5 rings (SSSR count). The molecule has 5 heteroatoms. The quantitative estimate of drug-likeness (QED) is 0.391. The molecule has 1 aromatic heterocycles. The van der Waals surface area contributed by atoms with E-state index in [1.807, 2.05) is 28.0 Å². The molecule has 0 atom stereocenters. The van der Waals surface area contributed by atoms with Crippen LogP contribution in [0.2, 0.25) is 0 Å². The summed E-state index contributed by atoms with van der Waals surface area (Å²) in [7, 11) is 0. The van der Waals surface area contributed by atoms with Crippen molar-refractivity contribution in [3.8, 4) is 0 Å². The molecule has 0 unspecified atom stereocenters. The number of rotatable bonds is 4. The molecule has 0 saturated carbocycles. The minimum Gasteiger partial charge on any atom is -0.366 e. The number of fused-ring (bicyclic) bond motifs is 1. The van der Waals surface area contributed by atoms with Crippen LogP contribution in [0.3, 0.4) is 0 Å². The molecule has 0 spiro atoms. The third-order valence-electron chi connectivity index (χ3n) is 6.15. The van der Waals surface area contributed by atoms with E-state index in [1.165, 1.54) is 17.2 Å². The van der Waals surface area contributed by atoms with E-state index < -0.39 is 0 Å². The predicted octanol–water partition coefficient (Wildman–Crippen LogP) is 5.90. The highest BCUT2D eigenvalue weighted by atomic mass is 32.1. The van der Waals surface area contributed by atoms with Crippen LogP contribution in [-0.4, -0.2) is 37.0 Å². The van der Waals surface area contributed by atoms with Gasteiger partial charge in [-0.2, -0.15) is 0 Å². The average molecular weight is 445 g/mol. The second-order valence-electron chi connectivity index (χ2n) is 8.30. The van der Waals surface area contributed by atoms with Gasteiger partial charge in [0.15, 0.2) is 0 Å². The number of nitrogens with zero attached hydrogens (tertiary/aromatic N) is 2. The van der Waals surface area contributed by atoms with Crippen molar-refractivity contribution in [3.05, 3.63) is 100 Å². The zero-order chi connectivity index (χ0) is 22.1.